The highest BCUT2D eigenvalue weighted by atomic mass is 16.5. The van der Waals surface area contributed by atoms with Gasteiger partial charge in [0.15, 0.2) is 0 Å². The molecule has 0 aromatic heterocycles. The Morgan fingerprint density at radius 3 is 2.88 bits per heavy atom. The highest BCUT2D eigenvalue weighted by Crippen LogP contribution is 2.28. The molecule has 0 aromatic rings. The first-order valence-electron chi connectivity index (χ1n) is 6.85. The van der Waals surface area contributed by atoms with Gasteiger partial charge in [0, 0.05) is 6.61 Å². The minimum atomic E-state index is 0.149. The molecule has 0 spiro atoms. The Kier molecular flexibility index (Phi) is 4.42. The summed E-state index contributed by atoms with van der Waals surface area (Å²) in [6.07, 6.45) is 11.6. The molecular weight excluding hydrogens is 198 g/mol. The minimum absolute atomic E-state index is 0.149. The predicted octanol–water partition coefficient (Wildman–Crippen LogP) is 3.02. The quantitative estimate of drug-likeness (QED) is 0.730. The van der Waals surface area contributed by atoms with E-state index >= 15 is 0 Å². The third-order valence-corrected chi connectivity index (χ3v) is 4.05. The molecule has 3 atom stereocenters. The normalized spacial score (nSPS) is 34.0. The van der Waals surface area contributed by atoms with E-state index in [0.29, 0.717) is 5.92 Å². The van der Waals surface area contributed by atoms with E-state index in [1.807, 2.05) is 0 Å². The third-order valence-electron chi connectivity index (χ3n) is 4.05. The molecule has 2 nitrogen and oxygen atoms in total. The van der Waals surface area contributed by atoms with Gasteiger partial charge in [-0.05, 0) is 38.0 Å². The second-order valence-electron chi connectivity index (χ2n) is 5.36. The van der Waals surface area contributed by atoms with E-state index in [4.69, 9.17) is 10.5 Å². The highest BCUT2D eigenvalue weighted by molar-refractivity contribution is 5.14. The zero-order valence-corrected chi connectivity index (χ0v) is 10.5. The van der Waals surface area contributed by atoms with E-state index in [0.717, 1.165) is 6.61 Å². The van der Waals surface area contributed by atoms with Crippen LogP contribution in [0.15, 0.2) is 11.6 Å². The molecule has 2 heteroatoms. The van der Waals surface area contributed by atoms with Crippen LogP contribution in [0.3, 0.4) is 0 Å². The van der Waals surface area contributed by atoms with Gasteiger partial charge in [0.1, 0.15) is 0 Å². The molecule has 2 N–H and O–H groups in total. The van der Waals surface area contributed by atoms with Crippen LogP contribution in [0.2, 0.25) is 0 Å². The fourth-order valence-corrected chi connectivity index (χ4v) is 2.91. The summed E-state index contributed by atoms with van der Waals surface area (Å²) in [7, 11) is 0. The van der Waals surface area contributed by atoms with Gasteiger partial charge in [0.25, 0.3) is 0 Å². The van der Waals surface area contributed by atoms with Crippen LogP contribution in [0.5, 0.6) is 0 Å². The maximum absolute atomic E-state index is 6.37. The van der Waals surface area contributed by atoms with E-state index < -0.39 is 0 Å². The molecule has 1 saturated heterocycles. The zero-order chi connectivity index (χ0) is 11.4. The number of nitrogens with two attached hydrogens (primary N) is 1. The van der Waals surface area contributed by atoms with Gasteiger partial charge in [0.2, 0.25) is 0 Å². The molecule has 3 unspecified atom stereocenters. The summed E-state index contributed by atoms with van der Waals surface area (Å²) in [6, 6.07) is 0.149. The Morgan fingerprint density at radius 2 is 2.12 bits per heavy atom. The fraction of sp³-hybridized carbons (Fsp3) is 0.857. The van der Waals surface area contributed by atoms with Crippen molar-refractivity contribution in [1.29, 1.82) is 0 Å². The van der Waals surface area contributed by atoms with E-state index in [9.17, 15) is 0 Å². The molecule has 16 heavy (non-hydrogen) atoms. The van der Waals surface area contributed by atoms with Crippen LogP contribution in [0.1, 0.15) is 51.9 Å². The van der Waals surface area contributed by atoms with Crippen molar-refractivity contribution in [2.24, 2.45) is 11.7 Å². The van der Waals surface area contributed by atoms with Crippen molar-refractivity contribution in [2.75, 3.05) is 6.61 Å². The number of hydrogen-bond donors (Lipinski definition) is 1. The summed E-state index contributed by atoms with van der Waals surface area (Å²) in [5.41, 5.74) is 7.83. The number of hydrogen-bond acceptors (Lipinski definition) is 2. The van der Waals surface area contributed by atoms with Crippen LogP contribution >= 0.6 is 0 Å². The summed E-state index contributed by atoms with van der Waals surface area (Å²) in [5, 5.41) is 0. The van der Waals surface area contributed by atoms with E-state index in [1.54, 1.807) is 0 Å². The van der Waals surface area contributed by atoms with Gasteiger partial charge in [-0.15, -0.1) is 0 Å². The van der Waals surface area contributed by atoms with Gasteiger partial charge in [-0.3, -0.25) is 0 Å². The van der Waals surface area contributed by atoms with E-state index in [2.05, 4.69) is 13.0 Å². The average Bonchev–Trinajstić information content (AvgIpc) is 2.63. The van der Waals surface area contributed by atoms with Crippen molar-refractivity contribution in [3.63, 3.8) is 0 Å². The lowest BCUT2D eigenvalue weighted by molar-refractivity contribution is 0.0804. The highest BCUT2D eigenvalue weighted by Gasteiger charge is 2.31. The average molecular weight is 223 g/mol. The molecule has 1 aliphatic heterocycles. The number of allylic oxidation sites excluding steroid dienone is 1. The first kappa shape index (κ1) is 12.1. The molecular formula is C14H25NO. The maximum atomic E-state index is 6.37. The molecule has 0 amide bonds. The molecule has 0 aromatic carbocycles. The number of ether oxygens (including phenoxy) is 1. The summed E-state index contributed by atoms with van der Waals surface area (Å²) >= 11 is 0. The number of rotatable bonds is 2. The Labute approximate surface area is 99.2 Å². The molecule has 1 aliphatic carbocycles. The zero-order valence-electron chi connectivity index (χ0n) is 10.5. The Balaban J connectivity index is 1.98. The monoisotopic (exact) mass is 223 g/mol. The Bertz CT molecular complexity index is 249. The van der Waals surface area contributed by atoms with Crippen LogP contribution in [0, 0.1) is 5.92 Å². The maximum Gasteiger partial charge on any atom is 0.0790 e. The molecule has 0 radical (unpaired) electrons. The fourth-order valence-electron chi connectivity index (χ4n) is 2.91. The smallest absolute Gasteiger partial charge is 0.0790 e. The Hall–Kier alpha value is -0.340. The topological polar surface area (TPSA) is 35.2 Å². The molecule has 1 heterocycles. The lowest BCUT2D eigenvalue weighted by Gasteiger charge is -2.26. The second kappa shape index (κ2) is 5.83. The summed E-state index contributed by atoms with van der Waals surface area (Å²) in [6.45, 7) is 3.16. The van der Waals surface area contributed by atoms with Crippen molar-refractivity contribution >= 4 is 0 Å². The molecule has 2 aliphatic rings. The van der Waals surface area contributed by atoms with Gasteiger partial charge in [0.05, 0.1) is 12.1 Å². The molecule has 2 rings (SSSR count). The second-order valence-corrected chi connectivity index (χ2v) is 5.36. The standard InChI is InChI=1S/C14H25NO/c1-11-9-10-16-14(11)13(15)12-7-5-3-2-4-6-8-12/h7,11,13-14H,2-6,8-10,15H2,1H3. The molecule has 92 valence electrons. The van der Waals surface area contributed by atoms with Crippen molar-refractivity contribution in [3.8, 4) is 0 Å². The summed E-state index contributed by atoms with van der Waals surface area (Å²) < 4.78 is 5.79. The van der Waals surface area contributed by atoms with Crippen LogP contribution in [-0.4, -0.2) is 18.8 Å². The lowest BCUT2D eigenvalue weighted by Crippen LogP contribution is -2.39. The van der Waals surface area contributed by atoms with E-state index in [-0.39, 0.29) is 12.1 Å². The van der Waals surface area contributed by atoms with Crippen molar-refractivity contribution in [2.45, 2.75) is 64.0 Å². The van der Waals surface area contributed by atoms with E-state index in [1.165, 1.54) is 50.5 Å². The Morgan fingerprint density at radius 1 is 1.31 bits per heavy atom. The van der Waals surface area contributed by atoms with Gasteiger partial charge >= 0.3 is 0 Å². The van der Waals surface area contributed by atoms with Crippen molar-refractivity contribution in [1.82, 2.24) is 0 Å². The molecule has 0 saturated carbocycles. The summed E-state index contributed by atoms with van der Waals surface area (Å²) in [5.74, 6) is 0.626. The van der Waals surface area contributed by atoms with Crippen molar-refractivity contribution < 1.29 is 4.74 Å². The minimum Gasteiger partial charge on any atom is -0.376 e. The van der Waals surface area contributed by atoms with Crippen LogP contribution in [0.4, 0.5) is 0 Å². The van der Waals surface area contributed by atoms with Gasteiger partial charge in [-0.2, -0.15) is 0 Å². The van der Waals surface area contributed by atoms with Crippen molar-refractivity contribution in [3.05, 3.63) is 11.6 Å². The van der Waals surface area contributed by atoms with Gasteiger partial charge in [-0.25, -0.2) is 0 Å². The summed E-state index contributed by atoms with van der Waals surface area (Å²) in [4.78, 5) is 0. The lowest BCUT2D eigenvalue weighted by atomic mass is 9.88. The van der Waals surface area contributed by atoms with Crippen LogP contribution < -0.4 is 5.73 Å². The van der Waals surface area contributed by atoms with Crippen LogP contribution in [0.25, 0.3) is 0 Å². The predicted molar refractivity (Wildman–Crippen MR) is 67.3 cm³/mol. The first-order chi connectivity index (χ1) is 7.79. The van der Waals surface area contributed by atoms with Gasteiger partial charge < -0.3 is 10.5 Å². The molecule has 1 fully saturated rings. The van der Waals surface area contributed by atoms with Gasteiger partial charge in [-0.1, -0.05) is 31.4 Å². The third kappa shape index (κ3) is 2.86. The largest absolute Gasteiger partial charge is 0.376 e. The molecule has 0 bridgehead atoms. The SMILES string of the molecule is CC1CCOC1C(N)C1=CCCCCCC1. The first-order valence-corrected chi connectivity index (χ1v) is 6.85. The van der Waals surface area contributed by atoms with Crippen LogP contribution in [-0.2, 0) is 4.74 Å².